The summed E-state index contributed by atoms with van der Waals surface area (Å²) in [7, 11) is 0. The van der Waals surface area contributed by atoms with Crippen LogP contribution in [0.4, 0.5) is 0 Å². The number of nitrogens with zero attached hydrogens (tertiary/aromatic N) is 2. The van der Waals surface area contributed by atoms with Crippen molar-refractivity contribution in [2.75, 3.05) is 19.7 Å². The molecular weight excluding hydrogens is 266 g/mol. The van der Waals surface area contributed by atoms with Crippen LogP contribution in [0.25, 0.3) is 0 Å². The Balaban J connectivity index is 1.54. The molecule has 110 valence electrons. The highest BCUT2D eigenvalue weighted by atomic mass is 16.5. The summed E-state index contributed by atoms with van der Waals surface area (Å²) >= 11 is 0. The number of H-pyrrole nitrogens is 1. The standard InChI is InChI=1S/C16H19N3O2/c1-12-9-17-18-16(12)13-7-8-19(10-13)15(20)11-21-14-5-3-2-4-6-14/h2-6,9,13H,7-8,10-11H2,1H3,(H,17,18)/t13-/m0/s1. The Morgan fingerprint density at radius 2 is 2.24 bits per heavy atom. The maximum absolute atomic E-state index is 12.2. The highest BCUT2D eigenvalue weighted by Gasteiger charge is 2.29. The molecule has 0 aliphatic carbocycles. The number of aryl methyl sites for hydroxylation is 1. The molecule has 0 bridgehead atoms. The molecule has 0 unspecified atom stereocenters. The summed E-state index contributed by atoms with van der Waals surface area (Å²) in [5.41, 5.74) is 2.31. The molecule has 1 aliphatic rings. The molecule has 2 heterocycles. The van der Waals surface area contributed by atoms with Gasteiger partial charge in [-0.2, -0.15) is 5.10 Å². The summed E-state index contributed by atoms with van der Waals surface area (Å²) in [5.74, 6) is 1.12. The smallest absolute Gasteiger partial charge is 0.260 e. The van der Waals surface area contributed by atoms with Gasteiger partial charge >= 0.3 is 0 Å². The van der Waals surface area contributed by atoms with Crippen molar-refractivity contribution in [2.45, 2.75) is 19.3 Å². The molecule has 2 aromatic rings. The minimum absolute atomic E-state index is 0.0403. The van der Waals surface area contributed by atoms with Crippen LogP contribution in [-0.4, -0.2) is 40.7 Å². The number of hydrogen-bond donors (Lipinski definition) is 1. The first-order valence-corrected chi connectivity index (χ1v) is 7.19. The van der Waals surface area contributed by atoms with E-state index in [1.165, 1.54) is 0 Å². The third-order valence-corrected chi connectivity index (χ3v) is 3.92. The van der Waals surface area contributed by atoms with Crippen LogP contribution in [-0.2, 0) is 4.79 Å². The quantitative estimate of drug-likeness (QED) is 0.936. The Morgan fingerprint density at radius 3 is 2.95 bits per heavy atom. The number of benzene rings is 1. The van der Waals surface area contributed by atoms with Gasteiger partial charge in [0.25, 0.3) is 5.91 Å². The molecule has 5 nitrogen and oxygen atoms in total. The van der Waals surface area contributed by atoms with E-state index in [1.807, 2.05) is 48.4 Å². The van der Waals surface area contributed by atoms with E-state index < -0.39 is 0 Å². The Kier molecular flexibility index (Phi) is 3.90. The average Bonchev–Trinajstić information content (AvgIpc) is 3.14. The van der Waals surface area contributed by atoms with Crippen LogP contribution in [0.2, 0.25) is 0 Å². The second-order valence-corrected chi connectivity index (χ2v) is 5.39. The molecule has 1 N–H and O–H groups in total. The third kappa shape index (κ3) is 3.07. The van der Waals surface area contributed by atoms with Crippen LogP contribution in [0, 0.1) is 6.92 Å². The second-order valence-electron chi connectivity index (χ2n) is 5.39. The number of aromatic nitrogens is 2. The lowest BCUT2D eigenvalue weighted by Crippen LogP contribution is -2.32. The van der Waals surface area contributed by atoms with E-state index in [0.29, 0.717) is 5.92 Å². The minimum Gasteiger partial charge on any atom is -0.484 e. The van der Waals surface area contributed by atoms with Gasteiger partial charge in [-0.05, 0) is 31.0 Å². The molecule has 21 heavy (non-hydrogen) atoms. The topological polar surface area (TPSA) is 58.2 Å². The zero-order valence-electron chi connectivity index (χ0n) is 12.1. The van der Waals surface area contributed by atoms with E-state index in [9.17, 15) is 4.79 Å². The van der Waals surface area contributed by atoms with Gasteiger partial charge in [0.1, 0.15) is 5.75 Å². The minimum atomic E-state index is 0.0403. The molecule has 1 aromatic heterocycles. The zero-order valence-corrected chi connectivity index (χ0v) is 12.1. The molecule has 1 aromatic carbocycles. The number of rotatable bonds is 4. The van der Waals surface area contributed by atoms with E-state index in [0.717, 1.165) is 36.5 Å². The first kappa shape index (κ1) is 13.7. The molecule has 0 spiro atoms. The van der Waals surface area contributed by atoms with Crippen LogP contribution in [0.5, 0.6) is 5.75 Å². The van der Waals surface area contributed by atoms with Crippen molar-refractivity contribution in [1.82, 2.24) is 15.1 Å². The van der Waals surface area contributed by atoms with Crippen molar-refractivity contribution in [3.05, 3.63) is 47.8 Å². The summed E-state index contributed by atoms with van der Waals surface area (Å²) in [4.78, 5) is 14.1. The van der Waals surface area contributed by atoms with Crippen LogP contribution < -0.4 is 4.74 Å². The highest BCUT2D eigenvalue weighted by molar-refractivity contribution is 5.78. The summed E-state index contributed by atoms with van der Waals surface area (Å²) in [6.45, 7) is 3.65. The van der Waals surface area contributed by atoms with Crippen LogP contribution in [0.3, 0.4) is 0 Å². The molecule has 1 saturated heterocycles. The lowest BCUT2D eigenvalue weighted by atomic mass is 10.0. The predicted molar refractivity (Wildman–Crippen MR) is 79.2 cm³/mol. The van der Waals surface area contributed by atoms with Gasteiger partial charge in [-0.15, -0.1) is 0 Å². The molecule has 5 heteroatoms. The predicted octanol–water partition coefficient (Wildman–Crippen LogP) is 2.11. The summed E-state index contributed by atoms with van der Waals surface area (Å²) < 4.78 is 5.52. The monoisotopic (exact) mass is 285 g/mol. The number of aromatic amines is 1. The summed E-state index contributed by atoms with van der Waals surface area (Å²) in [5, 5.41) is 7.10. The van der Waals surface area contributed by atoms with Crippen molar-refractivity contribution in [1.29, 1.82) is 0 Å². The number of para-hydroxylation sites is 1. The number of likely N-dealkylation sites (tertiary alicyclic amines) is 1. The fourth-order valence-electron chi connectivity index (χ4n) is 2.75. The van der Waals surface area contributed by atoms with Gasteiger partial charge in [0, 0.05) is 24.7 Å². The number of ether oxygens (including phenoxy) is 1. The number of nitrogens with one attached hydrogen (secondary N) is 1. The molecular formula is C16H19N3O2. The second kappa shape index (κ2) is 5.99. The fraction of sp³-hybridized carbons (Fsp3) is 0.375. The Bertz CT molecular complexity index is 609. The van der Waals surface area contributed by atoms with Gasteiger partial charge < -0.3 is 9.64 Å². The van der Waals surface area contributed by atoms with Crippen molar-refractivity contribution < 1.29 is 9.53 Å². The van der Waals surface area contributed by atoms with Gasteiger partial charge in [0.2, 0.25) is 0 Å². The number of carbonyl (C=O) groups is 1. The molecule has 0 radical (unpaired) electrons. The largest absolute Gasteiger partial charge is 0.484 e. The zero-order chi connectivity index (χ0) is 14.7. The first-order chi connectivity index (χ1) is 10.2. The number of carbonyl (C=O) groups excluding carboxylic acids is 1. The number of amides is 1. The molecule has 1 fully saturated rings. The Hall–Kier alpha value is -2.30. The van der Waals surface area contributed by atoms with Crippen molar-refractivity contribution in [2.24, 2.45) is 0 Å². The number of hydrogen-bond acceptors (Lipinski definition) is 3. The molecule has 1 atom stereocenters. The van der Waals surface area contributed by atoms with Gasteiger partial charge in [0.15, 0.2) is 6.61 Å². The van der Waals surface area contributed by atoms with Gasteiger partial charge in [-0.3, -0.25) is 9.89 Å². The van der Waals surface area contributed by atoms with E-state index in [2.05, 4.69) is 10.2 Å². The van der Waals surface area contributed by atoms with Crippen molar-refractivity contribution in [3.8, 4) is 5.75 Å². The van der Waals surface area contributed by atoms with E-state index in [-0.39, 0.29) is 12.5 Å². The van der Waals surface area contributed by atoms with E-state index in [4.69, 9.17) is 4.74 Å². The van der Waals surface area contributed by atoms with Crippen LogP contribution in [0.1, 0.15) is 23.6 Å². The fourth-order valence-corrected chi connectivity index (χ4v) is 2.75. The van der Waals surface area contributed by atoms with Crippen molar-refractivity contribution >= 4 is 5.91 Å². The lowest BCUT2D eigenvalue weighted by Gasteiger charge is -2.16. The van der Waals surface area contributed by atoms with Crippen LogP contribution in [0.15, 0.2) is 36.5 Å². The third-order valence-electron chi connectivity index (χ3n) is 3.92. The molecule has 3 rings (SSSR count). The van der Waals surface area contributed by atoms with Crippen LogP contribution >= 0.6 is 0 Å². The first-order valence-electron chi connectivity index (χ1n) is 7.19. The van der Waals surface area contributed by atoms with Gasteiger partial charge in [-0.25, -0.2) is 0 Å². The molecule has 1 amide bonds. The Labute approximate surface area is 123 Å². The molecule has 1 aliphatic heterocycles. The SMILES string of the molecule is Cc1cn[nH]c1[C@H]1CCN(C(=O)COc2ccccc2)C1. The average molecular weight is 285 g/mol. The van der Waals surface area contributed by atoms with Gasteiger partial charge in [-0.1, -0.05) is 18.2 Å². The summed E-state index contributed by atoms with van der Waals surface area (Å²) in [6, 6.07) is 9.42. The normalized spacial score (nSPS) is 18.0. The van der Waals surface area contributed by atoms with E-state index in [1.54, 1.807) is 0 Å². The maximum atomic E-state index is 12.2. The summed E-state index contributed by atoms with van der Waals surface area (Å²) in [6.07, 6.45) is 2.80. The Morgan fingerprint density at radius 1 is 1.43 bits per heavy atom. The lowest BCUT2D eigenvalue weighted by molar-refractivity contribution is -0.132. The van der Waals surface area contributed by atoms with Crippen molar-refractivity contribution in [3.63, 3.8) is 0 Å². The molecule has 0 saturated carbocycles. The van der Waals surface area contributed by atoms with E-state index >= 15 is 0 Å². The maximum Gasteiger partial charge on any atom is 0.260 e. The highest BCUT2D eigenvalue weighted by Crippen LogP contribution is 2.27. The van der Waals surface area contributed by atoms with Gasteiger partial charge in [0.05, 0.1) is 6.20 Å².